The third kappa shape index (κ3) is 4.45. The Morgan fingerprint density at radius 1 is 1.03 bits per heavy atom. The van der Waals surface area contributed by atoms with Gasteiger partial charge >= 0.3 is 0 Å². The van der Waals surface area contributed by atoms with Crippen molar-refractivity contribution in [3.05, 3.63) is 59.9 Å². The largest absolute Gasteiger partial charge is 0.481 e. The number of piperazine rings is 1. The monoisotopic (exact) mass is 405 g/mol. The summed E-state index contributed by atoms with van der Waals surface area (Å²) in [5.74, 6) is 2.57. The Balaban J connectivity index is 1.35. The van der Waals surface area contributed by atoms with Crippen molar-refractivity contribution < 1.29 is 9.53 Å². The van der Waals surface area contributed by atoms with Gasteiger partial charge in [0.15, 0.2) is 11.6 Å². The van der Waals surface area contributed by atoms with E-state index in [9.17, 15) is 4.79 Å². The number of hydrogen-bond acceptors (Lipinski definition) is 8. The molecule has 0 radical (unpaired) electrons. The van der Waals surface area contributed by atoms with Crippen LogP contribution in [-0.4, -0.2) is 64.3 Å². The normalized spacial score (nSPS) is 13.8. The highest BCUT2D eigenvalue weighted by Gasteiger charge is 2.23. The number of nitrogens with zero attached hydrogens (tertiary/aromatic N) is 6. The SMILES string of the molecule is COc1cc(C(=O)N2CCN(c3ccc(Nc4cccc(C)n4)nn3)CC2)ccn1. The first-order chi connectivity index (χ1) is 14.6. The first-order valence-electron chi connectivity index (χ1n) is 9.71. The van der Waals surface area contributed by atoms with Crippen LogP contribution in [0.5, 0.6) is 5.88 Å². The van der Waals surface area contributed by atoms with Crippen molar-refractivity contribution >= 4 is 23.4 Å². The summed E-state index contributed by atoms with van der Waals surface area (Å²) in [6, 6.07) is 12.9. The number of pyridine rings is 2. The molecule has 1 aliphatic heterocycles. The lowest BCUT2D eigenvalue weighted by Gasteiger charge is -2.35. The molecule has 1 N–H and O–H groups in total. The molecular weight excluding hydrogens is 382 g/mol. The molecule has 4 rings (SSSR count). The smallest absolute Gasteiger partial charge is 0.254 e. The van der Waals surface area contributed by atoms with Gasteiger partial charge in [-0.15, -0.1) is 10.2 Å². The summed E-state index contributed by atoms with van der Waals surface area (Å²) in [5, 5.41) is 11.7. The third-order valence-electron chi connectivity index (χ3n) is 4.88. The van der Waals surface area contributed by atoms with Gasteiger partial charge in [-0.05, 0) is 37.3 Å². The number of rotatable bonds is 5. The quantitative estimate of drug-likeness (QED) is 0.691. The maximum Gasteiger partial charge on any atom is 0.254 e. The van der Waals surface area contributed by atoms with E-state index in [1.54, 1.807) is 18.3 Å². The fraction of sp³-hybridized carbons (Fsp3) is 0.286. The minimum absolute atomic E-state index is 0.0216. The molecule has 0 spiro atoms. The third-order valence-corrected chi connectivity index (χ3v) is 4.88. The molecule has 3 aromatic rings. The van der Waals surface area contributed by atoms with E-state index in [0.717, 1.165) is 17.3 Å². The van der Waals surface area contributed by atoms with E-state index in [2.05, 4.69) is 30.4 Å². The first kappa shape index (κ1) is 19.6. The summed E-state index contributed by atoms with van der Waals surface area (Å²) >= 11 is 0. The van der Waals surface area contributed by atoms with Gasteiger partial charge < -0.3 is 19.9 Å². The highest BCUT2D eigenvalue weighted by Crippen LogP contribution is 2.18. The Bertz CT molecular complexity index is 1020. The molecule has 0 aliphatic carbocycles. The van der Waals surface area contributed by atoms with Crippen LogP contribution >= 0.6 is 0 Å². The molecule has 9 heteroatoms. The maximum atomic E-state index is 12.7. The van der Waals surface area contributed by atoms with Crippen LogP contribution in [0.3, 0.4) is 0 Å². The molecule has 0 atom stereocenters. The average molecular weight is 405 g/mol. The van der Waals surface area contributed by atoms with Crippen LogP contribution in [0.2, 0.25) is 0 Å². The minimum Gasteiger partial charge on any atom is -0.481 e. The minimum atomic E-state index is -0.0216. The molecule has 1 saturated heterocycles. The zero-order valence-electron chi connectivity index (χ0n) is 16.9. The molecule has 1 aliphatic rings. The van der Waals surface area contributed by atoms with Gasteiger partial charge in [-0.1, -0.05) is 6.07 Å². The topological polar surface area (TPSA) is 96.4 Å². The second kappa shape index (κ2) is 8.73. The van der Waals surface area contributed by atoms with Crippen LogP contribution in [0, 0.1) is 6.92 Å². The highest BCUT2D eigenvalue weighted by atomic mass is 16.5. The zero-order chi connectivity index (χ0) is 20.9. The summed E-state index contributed by atoms with van der Waals surface area (Å²) in [5.41, 5.74) is 1.51. The number of carbonyl (C=O) groups is 1. The van der Waals surface area contributed by atoms with E-state index in [4.69, 9.17) is 4.74 Å². The van der Waals surface area contributed by atoms with Crippen LogP contribution in [0.25, 0.3) is 0 Å². The molecule has 154 valence electrons. The van der Waals surface area contributed by atoms with Crippen molar-refractivity contribution in [2.24, 2.45) is 0 Å². The fourth-order valence-corrected chi connectivity index (χ4v) is 3.28. The highest BCUT2D eigenvalue weighted by molar-refractivity contribution is 5.94. The van der Waals surface area contributed by atoms with Crippen molar-refractivity contribution in [2.45, 2.75) is 6.92 Å². The van der Waals surface area contributed by atoms with Crippen molar-refractivity contribution in [3.63, 3.8) is 0 Å². The van der Waals surface area contributed by atoms with Crippen molar-refractivity contribution in [3.8, 4) is 5.88 Å². The van der Waals surface area contributed by atoms with Gasteiger partial charge in [-0.2, -0.15) is 0 Å². The van der Waals surface area contributed by atoms with Crippen LogP contribution in [0.15, 0.2) is 48.7 Å². The summed E-state index contributed by atoms with van der Waals surface area (Å²) < 4.78 is 5.11. The lowest BCUT2D eigenvalue weighted by atomic mass is 10.2. The Morgan fingerprint density at radius 2 is 1.87 bits per heavy atom. The summed E-state index contributed by atoms with van der Waals surface area (Å²) in [7, 11) is 1.54. The van der Waals surface area contributed by atoms with Gasteiger partial charge in [-0.3, -0.25) is 4.79 Å². The van der Waals surface area contributed by atoms with E-state index in [1.807, 2.05) is 42.2 Å². The Kier molecular flexibility index (Phi) is 5.69. The second-order valence-electron chi connectivity index (χ2n) is 6.93. The predicted molar refractivity (Wildman–Crippen MR) is 113 cm³/mol. The van der Waals surface area contributed by atoms with Gasteiger partial charge in [0.05, 0.1) is 7.11 Å². The van der Waals surface area contributed by atoms with Gasteiger partial charge in [0, 0.05) is 49.7 Å². The van der Waals surface area contributed by atoms with E-state index < -0.39 is 0 Å². The van der Waals surface area contributed by atoms with Crippen molar-refractivity contribution in [1.82, 2.24) is 25.1 Å². The van der Waals surface area contributed by atoms with Crippen LogP contribution in [0.1, 0.15) is 16.1 Å². The Morgan fingerprint density at radius 3 is 2.57 bits per heavy atom. The number of ether oxygens (including phenoxy) is 1. The summed E-state index contributed by atoms with van der Waals surface area (Å²) in [6.45, 7) is 4.54. The molecule has 4 heterocycles. The molecule has 0 saturated carbocycles. The predicted octanol–water partition coefficient (Wildman–Crippen LogP) is 2.29. The lowest BCUT2D eigenvalue weighted by Crippen LogP contribution is -2.49. The van der Waals surface area contributed by atoms with Gasteiger partial charge in [-0.25, -0.2) is 9.97 Å². The van der Waals surface area contributed by atoms with Gasteiger partial charge in [0.2, 0.25) is 5.88 Å². The number of hydrogen-bond donors (Lipinski definition) is 1. The number of methoxy groups -OCH3 is 1. The molecule has 1 amide bonds. The molecule has 9 nitrogen and oxygen atoms in total. The number of aromatic nitrogens is 4. The molecular formula is C21H23N7O2. The van der Waals surface area contributed by atoms with Gasteiger partial charge in [0.1, 0.15) is 5.82 Å². The van der Waals surface area contributed by atoms with E-state index in [-0.39, 0.29) is 5.91 Å². The number of carbonyl (C=O) groups excluding carboxylic acids is 1. The first-order valence-corrected chi connectivity index (χ1v) is 9.71. The Labute approximate surface area is 174 Å². The fourth-order valence-electron chi connectivity index (χ4n) is 3.28. The zero-order valence-corrected chi connectivity index (χ0v) is 16.9. The molecule has 3 aromatic heterocycles. The van der Waals surface area contributed by atoms with Gasteiger partial charge in [0.25, 0.3) is 5.91 Å². The molecule has 0 unspecified atom stereocenters. The number of aryl methyl sites for hydroxylation is 1. The van der Waals surface area contributed by atoms with E-state index in [1.165, 1.54) is 7.11 Å². The number of amides is 1. The molecule has 30 heavy (non-hydrogen) atoms. The van der Waals surface area contributed by atoms with Crippen LogP contribution < -0.4 is 15.0 Å². The average Bonchev–Trinajstić information content (AvgIpc) is 2.79. The standard InChI is InChI=1S/C21H23N7O2/c1-15-4-3-5-17(23-15)24-18-6-7-19(26-25-18)27-10-12-28(13-11-27)21(29)16-8-9-22-20(14-16)30-2/h3-9,14H,10-13H2,1-2H3,(H,23,24,25). The van der Waals surface area contributed by atoms with Crippen LogP contribution in [-0.2, 0) is 0 Å². The number of nitrogens with one attached hydrogen (secondary N) is 1. The molecule has 0 aromatic carbocycles. The maximum absolute atomic E-state index is 12.7. The van der Waals surface area contributed by atoms with E-state index in [0.29, 0.717) is 43.4 Å². The van der Waals surface area contributed by atoms with Crippen molar-refractivity contribution in [2.75, 3.05) is 43.5 Å². The van der Waals surface area contributed by atoms with E-state index >= 15 is 0 Å². The van der Waals surface area contributed by atoms with Crippen LogP contribution in [0.4, 0.5) is 17.5 Å². The second-order valence-corrected chi connectivity index (χ2v) is 6.93. The summed E-state index contributed by atoms with van der Waals surface area (Å²) in [6.07, 6.45) is 1.58. The van der Waals surface area contributed by atoms with Crippen molar-refractivity contribution in [1.29, 1.82) is 0 Å². The Hall–Kier alpha value is -3.75. The lowest BCUT2D eigenvalue weighted by molar-refractivity contribution is 0.0746. The summed E-state index contributed by atoms with van der Waals surface area (Å²) in [4.78, 5) is 25.1. The number of anilines is 3. The molecule has 1 fully saturated rings. The molecule has 0 bridgehead atoms.